The second kappa shape index (κ2) is 17.6. The first-order chi connectivity index (χ1) is 13.4. The summed E-state index contributed by atoms with van der Waals surface area (Å²) >= 11 is 0. The van der Waals surface area contributed by atoms with Crippen LogP contribution in [0.1, 0.15) is 84.0 Å². The molecule has 28 heavy (non-hydrogen) atoms. The molecule has 0 aromatic carbocycles. The van der Waals surface area contributed by atoms with E-state index in [1.807, 2.05) is 12.2 Å². The van der Waals surface area contributed by atoms with Gasteiger partial charge in [-0.1, -0.05) is 57.6 Å². The minimum atomic E-state index is -1.18. The van der Waals surface area contributed by atoms with E-state index in [2.05, 4.69) is 6.92 Å². The molecule has 0 bridgehead atoms. The Morgan fingerprint density at radius 1 is 0.964 bits per heavy atom. The summed E-state index contributed by atoms with van der Waals surface area (Å²) in [7, 11) is 0. The third-order valence-corrected chi connectivity index (χ3v) is 4.58. The molecule has 0 aromatic heterocycles. The molecule has 7 heteroatoms. The van der Waals surface area contributed by atoms with Gasteiger partial charge in [0.2, 0.25) is 0 Å². The van der Waals surface area contributed by atoms with Gasteiger partial charge in [-0.15, -0.1) is 0 Å². The maximum Gasteiger partial charge on any atom is 0.324 e. The Morgan fingerprint density at radius 3 is 2.32 bits per heavy atom. The van der Waals surface area contributed by atoms with Crippen LogP contribution in [-0.4, -0.2) is 52.1 Å². The van der Waals surface area contributed by atoms with Crippen LogP contribution in [0.5, 0.6) is 0 Å². The standard InChI is InChI=1S/C21H39NO6/c1-2-3-10-13-18(23)19(24)14-11-8-6-4-5-7-9-12-15-20(25)28-16-17(22)21(26)27/h8,11,17-19,23-24H,2-7,9-10,12-16,22H2,1H3,(H,26,27)/b11-8-. The molecular formula is C21H39NO6. The van der Waals surface area contributed by atoms with Gasteiger partial charge in [0.25, 0.3) is 0 Å². The number of nitrogens with two attached hydrogens (primary N) is 1. The van der Waals surface area contributed by atoms with Gasteiger partial charge in [-0.25, -0.2) is 0 Å². The topological polar surface area (TPSA) is 130 Å². The zero-order chi connectivity index (χ0) is 21.2. The number of esters is 1. The molecule has 0 heterocycles. The van der Waals surface area contributed by atoms with Gasteiger partial charge in [0.05, 0.1) is 12.2 Å². The van der Waals surface area contributed by atoms with Crippen LogP contribution in [0.2, 0.25) is 0 Å². The fourth-order valence-corrected chi connectivity index (χ4v) is 2.69. The molecule has 7 nitrogen and oxygen atoms in total. The number of aliphatic hydroxyl groups is 2. The normalized spacial score (nSPS) is 14.7. The largest absolute Gasteiger partial charge is 0.480 e. The van der Waals surface area contributed by atoms with Crippen molar-refractivity contribution in [3.05, 3.63) is 12.2 Å². The Kier molecular flexibility index (Phi) is 16.7. The van der Waals surface area contributed by atoms with Crippen LogP contribution in [0.25, 0.3) is 0 Å². The fourth-order valence-electron chi connectivity index (χ4n) is 2.69. The number of carbonyl (C=O) groups excluding carboxylic acids is 1. The average molecular weight is 402 g/mol. The average Bonchev–Trinajstić information content (AvgIpc) is 2.67. The summed E-state index contributed by atoms with van der Waals surface area (Å²) in [6, 6.07) is -1.16. The molecule has 0 rings (SSSR count). The lowest BCUT2D eigenvalue weighted by Gasteiger charge is -2.15. The van der Waals surface area contributed by atoms with E-state index in [1.165, 1.54) is 0 Å². The SMILES string of the molecule is CCCCCC(O)C(O)C/C=C\CCCCCCCC(=O)OCC(N)C(=O)O. The van der Waals surface area contributed by atoms with Crippen molar-refractivity contribution in [2.24, 2.45) is 5.73 Å². The lowest BCUT2D eigenvalue weighted by molar-refractivity contribution is -0.147. The molecule has 5 N–H and O–H groups in total. The molecule has 164 valence electrons. The number of carboxylic acids is 1. The van der Waals surface area contributed by atoms with Crippen LogP contribution in [0.3, 0.4) is 0 Å². The second-order valence-electron chi connectivity index (χ2n) is 7.27. The lowest BCUT2D eigenvalue weighted by Crippen LogP contribution is -2.35. The zero-order valence-corrected chi connectivity index (χ0v) is 17.2. The first-order valence-corrected chi connectivity index (χ1v) is 10.5. The van der Waals surface area contributed by atoms with E-state index in [-0.39, 0.29) is 13.0 Å². The molecule has 3 atom stereocenters. The van der Waals surface area contributed by atoms with Gasteiger partial charge < -0.3 is 25.8 Å². The number of unbranched alkanes of at least 4 members (excludes halogenated alkanes) is 7. The molecule has 0 aromatic rings. The minimum absolute atomic E-state index is 0.282. The van der Waals surface area contributed by atoms with Gasteiger partial charge in [-0.2, -0.15) is 0 Å². The lowest BCUT2D eigenvalue weighted by atomic mass is 10.0. The molecule has 0 aliphatic heterocycles. The Morgan fingerprint density at radius 2 is 1.64 bits per heavy atom. The van der Waals surface area contributed by atoms with Crippen LogP contribution in [0, 0.1) is 0 Å². The monoisotopic (exact) mass is 401 g/mol. The van der Waals surface area contributed by atoms with E-state index in [9.17, 15) is 19.8 Å². The number of hydrogen-bond acceptors (Lipinski definition) is 6. The van der Waals surface area contributed by atoms with E-state index in [4.69, 9.17) is 15.6 Å². The number of carboxylic acid groups (broad SMARTS) is 1. The fraction of sp³-hybridized carbons (Fsp3) is 0.810. The van der Waals surface area contributed by atoms with E-state index >= 15 is 0 Å². The summed E-state index contributed by atoms with van der Waals surface area (Å²) in [6.45, 7) is 1.83. The van der Waals surface area contributed by atoms with Crippen molar-refractivity contribution < 1.29 is 29.6 Å². The molecule has 0 amide bonds. The molecular weight excluding hydrogens is 362 g/mol. The van der Waals surface area contributed by atoms with Crippen molar-refractivity contribution in [2.45, 2.75) is 102 Å². The first-order valence-electron chi connectivity index (χ1n) is 10.5. The van der Waals surface area contributed by atoms with Gasteiger partial charge in [0.15, 0.2) is 0 Å². The van der Waals surface area contributed by atoms with Crippen LogP contribution >= 0.6 is 0 Å². The molecule has 0 spiro atoms. The van der Waals surface area contributed by atoms with Gasteiger partial charge >= 0.3 is 11.9 Å². The van der Waals surface area contributed by atoms with Gasteiger partial charge in [0.1, 0.15) is 12.6 Å². The van der Waals surface area contributed by atoms with Crippen LogP contribution in [0.15, 0.2) is 12.2 Å². The minimum Gasteiger partial charge on any atom is -0.480 e. The predicted octanol–water partition coefficient (Wildman–Crippen LogP) is 2.92. The molecule has 0 aliphatic rings. The Bertz CT molecular complexity index is 441. The van der Waals surface area contributed by atoms with Crippen molar-refractivity contribution in [1.82, 2.24) is 0 Å². The van der Waals surface area contributed by atoms with Crippen molar-refractivity contribution in [2.75, 3.05) is 6.61 Å². The van der Waals surface area contributed by atoms with Crippen molar-refractivity contribution in [1.29, 1.82) is 0 Å². The number of rotatable bonds is 18. The predicted molar refractivity (Wildman–Crippen MR) is 109 cm³/mol. The maximum absolute atomic E-state index is 11.4. The number of allylic oxidation sites excluding steroid dienone is 1. The van der Waals surface area contributed by atoms with Gasteiger partial charge in [-0.05, 0) is 32.1 Å². The zero-order valence-electron chi connectivity index (χ0n) is 17.2. The summed E-state index contributed by atoms with van der Waals surface area (Å²) in [5.74, 6) is -1.59. The van der Waals surface area contributed by atoms with E-state index in [1.54, 1.807) is 0 Å². The Labute approximate surface area is 169 Å². The van der Waals surface area contributed by atoms with Crippen molar-refractivity contribution >= 4 is 11.9 Å². The number of aliphatic hydroxyl groups excluding tert-OH is 2. The number of ether oxygens (including phenoxy) is 1. The molecule has 0 saturated heterocycles. The van der Waals surface area contributed by atoms with Crippen molar-refractivity contribution in [3.8, 4) is 0 Å². The number of hydrogen-bond donors (Lipinski definition) is 4. The van der Waals surface area contributed by atoms with Crippen LogP contribution < -0.4 is 5.73 Å². The Hall–Kier alpha value is -1.44. The molecule has 0 fully saturated rings. The molecule has 0 saturated carbocycles. The summed E-state index contributed by atoms with van der Waals surface area (Å²) in [4.78, 5) is 21.9. The highest BCUT2D eigenvalue weighted by molar-refractivity contribution is 5.74. The third kappa shape index (κ3) is 15.6. The van der Waals surface area contributed by atoms with Crippen LogP contribution in [-0.2, 0) is 14.3 Å². The summed E-state index contributed by atoms with van der Waals surface area (Å²) in [6.07, 6.45) is 12.9. The highest BCUT2D eigenvalue weighted by atomic mass is 16.5. The summed E-state index contributed by atoms with van der Waals surface area (Å²) < 4.78 is 4.81. The summed E-state index contributed by atoms with van der Waals surface area (Å²) in [5.41, 5.74) is 5.26. The maximum atomic E-state index is 11.4. The first kappa shape index (κ1) is 26.6. The third-order valence-electron chi connectivity index (χ3n) is 4.58. The van der Waals surface area contributed by atoms with E-state index < -0.39 is 30.2 Å². The Balaban J connectivity index is 3.52. The van der Waals surface area contributed by atoms with Crippen molar-refractivity contribution in [3.63, 3.8) is 0 Å². The van der Waals surface area contributed by atoms with Gasteiger partial charge in [-0.3, -0.25) is 9.59 Å². The second-order valence-corrected chi connectivity index (χ2v) is 7.27. The number of carbonyl (C=O) groups is 2. The molecule has 0 aliphatic carbocycles. The quantitative estimate of drug-likeness (QED) is 0.158. The van der Waals surface area contributed by atoms with Crippen LogP contribution in [0.4, 0.5) is 0 Å². The highest BCUT2D eigenvalue weighted by Gasteiger charge is 2.14. The van der Waals surface area contributed by atoms with Gasteiger partial charge in [0, 0.05) is 6.42 Å². The summed E-state index contributed by atoms with van der Waals surface area (Å²) in [5, 5.41) is 28.3. The number of aliphatic carboxylic acids is 1. The highest BCUT2D eigenvalue weighted by Crippen LogP contribution is 2.11. The molecule has 3 unspecified atom stereocenters. The molecule has 0 radical (unpaired) electrons. The smallest absolute Gasteiger partial charge is 0.324 e. The van der Waals surface area contributed by atoms with E-state index in [0.29, 0.717) is 12.8 Å². The van der Waals surface area contributed by atoms with E-state index in [0.717, 1.165) is 57.8 Å².